The highest BCUT2D eigenvalue weighted by molar-refractivity contribution is 5.94. The zero-order valence-corrected chi connectivity index (χ0v) is 20.1. The minimum atomic E-state index is -1.59. The highest BCUT2D eigenvalue weighted by Gasteiger charge is 2.52. The molecule has 4 rings (SSSR count). The van der Waals surface area contributed by atoms with Gasteiger partial charge in [-0.2, -0.15) is 0 Å². The molecule has 1 N–H and O–H groups in total. The maximum Gasteiger partial charge on any atom is 0.310 e. The molecule has 5 nitrogen and oxygen atoms in total. The van der Waals surface area contributed by atoms with Crippen LogP contribution in [0.2, 0.25) is 0 Å². The predicted octanol–water partition coefficient (Wildman–Crippen LogP) is 4.56. The molecular formula is C28H34O5. The lowest BCUT2D eigenvalue weighted by molar-refractivity contribution is -0.215. The van der Waals surface area contributed by atoms with E-state index in [0.717, 1.165) is 11.1 Å². The van der Waals surface area contributed by atoms with E-state index in [9.17, 15) is 14.7 Å². The van der Waals surface area contributed by atoms with Gasteiger partial charge < -0.3 is 14.6 Å². The first-order valence-electron chi connectivity index (χ1n) is 11.8. The molecular weight excluding hydrogens is 416 g/mol. The second kappa shape index (κ2) is 8.69. The average molecular weight is 451 g/mol. The van der Waals surface area contributed by atoms with Crippen molar-refractivity contribution in [2.24, 2.45) is 23.7 Å². The third-order valence-electron chi connectivity index (χ3n) is 7.48. The number of ether oxygens (including phenoxy) is 2. The summed E-state index contributed by atoms with van der Waals surface area (Å²) in [5.74, 6) is -1.99. The van der Waals surface area contributed by atoms with Crippen molar-refractivity contribution in [3.63, 3.8) is 0 Å². The van der Waals surface area contributed by atoms with Crippen LogP contribution in [0, 0.1) is 23.7 Å². The molecule has 0 saturated heterocycles. The van der Waals surface area contributed by atoms with Crippen LogP contribution in [0.3, 0.4) is 0 Å². The van der Waals surface area contributed by atoms with E-state index in [0.29, 0.717) is 12.0 Å². The fraction of sp³-hybridized carbons (Fsp3) is 0.500. The van der Waals surface area contributed by atoms with Gasteiger partial charge in [-0.3, -0.25) is 9.59 Å². The summed E-state index contributed by atoms with van der Waals surface area (Å²) in [7, 11) is 0. The zero-order chi connectivity index (χ0) is 24.0. The number of carbonyl (C=O) groups excluding carboxylic acids is 2. The fourth-order valence-electron chi connectivity index (χ4n) is 5.57. The second-order valence-corrected chi connectivity index (χ2v) is 10.3. The van der Waals surface area contributed by atoms with Gasteiger partial charge in [0.1, 0.15) is 11.7 Å². The van der Waals surface area contributed by atoms with E-state index in [-0.39, 0.29) is 41.8 Å². The Bertz CT molecular complexity index is 1020. The van der Waals surface area contributed by atoms with E-state index >= 15 is 0 Å². The van der Waals surface area contributed by atoms with E-state index in [1.54, 1.807) is 18.2 Å². The number of hydrogen-bond donors (Lipinski definition) is 1. The zero-order valence-electron chi connectivity index (χ0n) is 20.1. The number of allylic oxidation sites excluding steroid dienone is 3. The molecule has 33 heavy (non-hydrogen) atoms. The SMILES string of the molecule is CC1=CC(=O)C(C(C)C)C2C=C(C)C3(O)C=CC(C)(O3)C(OC(=O)Cc3ccccc3)CC12. The van der Waals surface area contributed by atoms with Gasteiger partial charge in [0.15, 0.2) is 5.78 Å². The molecule has 2 bridgehead atoms. The Kier molecular flexibility index (Phi) is 6.23. The van der Waals surface area contributed by atoms with Gasteiger partial charge in [0, 0.05) is 5.92 Å². The Morgan fingerprint density at radius 1 is 1.21 bits per heavy atom. The van der Waals surface area contributed by atoms with Crippen LogP contribution in [0.5, 0.6) is 0 Å². The van der Waals surface area contributed by atoms with E-state index in [2.05, 4.69) is 13.8 Å². The number of aliphatic hydroxyl groups is 1. The van der Waals surface area contributed by atoms with Crippen LogP contribution in [-0.4, -0.2) is 34.4 Å². The summed E-state index contributed by atoms with van der Waals surface area (Å²) in [6.07, 6.45) is 7.25. The molecule has 6 atom stereocenters. The third-order valence-corrected chi connectivity index (χ3v) is 7.48. The Morgan fingerprint density at radius 3 is 2.58 bits per heavy atom. The summed E-state index contributed by atoms with van der Waals surface area (Å²) in [4.78, 5) is 25.9. The third kappa shape index (κ3) is 4.49. The van der Waals surface area contributed by atoms with E-state index in [1.165, 1.54) is 0 Å². The summed E-state index contributed by atoms with van der Waals surface area (Å²) < 4.78 is 12.2. The van der Waals surface area contributed by atoms with Gasteiger partial charge in [0.25, 0.3) is 0 Å². The molecule has 3 aliphatic rings. The molecule has 176 valence electrons. The molecule has 1 aromatic carbocycles. The lowest BCUT2D eigenvalue weighted by Crippen LogP contribution is -2.47. The molecule has 1 aliphatic carbocycles. The molecule has 0 fully saturated rings. The molecule has 6 unspecified atom stereocenters. The molecule has 0 saturated carbocycles. The van der Waals surface area contributed by atoms with Crippen molar-refractivity contribution in [1.82, 2.24) is 0 Å². The first-order chi connectivity index (χ1) is 15.5. The van der Waals surface area contributed by atoms with E-state index in [1.807, 2.05) is 57.2 Å². The van der Waals surface area contributed by atoms with Crippen LogP contribution in [0.1, 0.15) is 46.6 Å². The van der Waals surface area contributed by atoms with E-state index in [4.69, 9.17) is 9.47 Å². The number of carbonyl (C=O) groups is 2. The standard InChI is InChI=1S/C28H34O5/c1-17(2)26-22-14-19(4)28(31)12-11-27(5,33-28)24(16-21(22)18(3)13-23(26)29)32-25(30)15-20-9-7-6-8-10-20/h6-14,17,21-22,24,26,31H,15-16H2,1-5H3. The summed E-state index contributed by atoms with van der Waals surface area (Å²) in [5, 5.41) is 11.3. The molecule has 5 heteroatoms. The Morgan fingerprint density at radius 2 is 1.91 bits per heavy atom. The van der Waals surface area contributed by atoms with Crippen molar-refractivity contribution in [2.45, 2.75) is 65.0 Å². The maximum atomic E-state index is 13.0. The molecule has 0 radical (unpaired) electrons. The normalized spacial score (nSPS) is 35.8. The topological polar surface area (TPSA) is 72.8 Å². The highest BCUT2D eigenvalue weighted by atomic mass is 16.7. The number of benzene rings is 1. The first-order valence-corrected chi connectivity index (χ1v) is 11.8. The Hall–Kier alpha value is -2.50. The van der Waals surface area contributed by atoms with Crippen LogP contribution in [0.15, 0.2) is 65.8 Å². The number of ketones is 1. The van der Waals surface area contributed by atoms with Crippen LogP contribution in [-0.2, 0) is 25.5 Å². The number of rotatable bonds is 4. The molecule has 2 aliphatic heterocycles. The van der Waals surface area contributed by atoms with Crippen molar-refractivity contribution < 1.29 is 24.2 Å². The minimum absolute atomic E-state index is 0.00338. The summed E-state index contributed by atoms with van der Waals surface area (Å²) >= 11 is 0. The van der Waals surface area contributed by atoms with Gasteiger partial charge in [-0.1, -0.05) is 55.8 Å². The van der Waals surface area contributed by atoms with Crippen LogP contribution < -0.4 is 0 Å². The van der Waals surface area contributed by atoms with Crippen molar-refractivity contribution in [2.75, 3.05) is 0 Å². The second-order valence-electron chi connectivity index (χ2n) is 10.3. The monoisotopic (exact) mass is 450 g/mol. The number of esters is 1. The van der Waals surface area contributed by atoms with Gasteiger partial charge in [0.2, 0.25) is 5.79 Å². The first kappa shape index (κ1) is 23.7. The van der Waals surface area contributed by atoms with E-state index < -0.39 is 17.5 Å². The lowest BCUT2D eigenvalue weighted by atomic mass is 9.65. The van der Waals surface area contributed by atoms with Crippen molar-refractivity contribution in [3.8, 4) is 0 Å². The highest BCUT2D eigenvalue weighted by Crippen LogP contribution is 2.48. The summed E-state index contributed by atoms with van der Waals surface area (Å²) in [5.41, 5.74) is 1.53. The molecule has 0 spiro atoms. The summed E-state index contributed by atoms with van der Waals surface area (Å²) in [6.45, 7) is 9.77. The van der Waals surface area contributed by atoms with Crippen molar-refractivity contribution in [1.29, 1.82) is 0 Å². The van der Waals surface area contributed by atoms with Crippen molar-refractivity contribution in [3.05, 3.63) is 71.3 Å². The molecule has 0 amide bonds. The lowest BCUT2D eigenvalue weighted by Gasteiger charge is -2.40. The Labute approximate surface area is 196 Å². The van der Waals surface area contributed by atoms with Gasteiger partial charge in [0.05, 0.1) is 6.42 Å². The largest absolute Gasteiger partial charge is 0.459 e. The molecule has 1 aromatic rings. The maximum absolute atomic E-state index is 13.0. The van der Waals surface area contributed by atoms with Gasteiger partial charge in [-0.25, -0.2) is 0 Å². The van der Waals surface area contributed by atoms with Crippen molar-refractivity contribution >= 4 is 11.8 Å². The molecule has 2 heterocycles. The van der Waals surface area contributed by atoms with Crippen LogP contribution >= 0.6 is 0 Å². The van der Waals surface area contributed by atoms with Gasteiger partial charge >= 0.3 is 5.97 Å². The Balaban J connectivity index is 1.71. The van der Waals surface area contributed by atoms with Crippen LogP contribution in [0.4, 0.5) is 0 Å². The van der Waals surface area contributed by atoms with Gasteiger partial charge in [-0.05, 0) is 74.3 Å². The average Bonchev–Trinajstić information content (AvgIpc) is 3.07. The smallest absolute Gasteiger partial charge is 0.310 e. The summed E-state index contributed by atoms with van der Waals surface area (Å²) in [6, 6.07) is 9.49. The quantitative estimate of drug-likeness (QED) is 0.538. The minimum Gasteiger partial charge on any atom is -0.459 e. The molecule has 0 aromatic heterocycles. The van der Waals surface area contributed by atoms with Gasteiger partial charge in [-0.15, -0.1) is 0 Å². The fourth-order valence-corrected chi connectivity index (χ4v) is 5.57. The number of fused-ring (bicyclic) bond motifs is 3. The number of hydrogen-bond acceptors (Lipinski definition) is 5. The predicted molar refractivity (Wildman–Crippen MR) is 126 cm³/mol. The van der Waals surface area contributed by atoms with Crippen LogP contribution in [0.25, 0.3) is 0 Å².